The highest BCUT2D eigenvalue weighted by Crippen LogP contribution is 2.11. The van der Waals surface area contributed by atoms with Crippen molar-refractivity contribution in [1.82, 2.24) is 20.1 Å². The largest absolute Gasteiger partial charge is 0.338 e. The maximum Gasteiger partial charge on any atom is 0.319 e. The average molecular weight is 282 g/mol. The second kappa shape index (κ2) is 6.01. The molecule has 0 saturated carbocycles. The van der Waals surface area contributed by atoms with E-state index in [-0.39, 0.29) is 18.5 Å². The fourth-order valence-corrected chi connectivity index (χ4v) is 2.70. The molecule has 0 aliphatic carbocycles. The van der Waals surface area contributed by atoms with Crippen LogP contribution in [0.5, 0.6) is 0 Å². The Kier molecular flexibility index (Phi) is 4.36. The third kappa shape index (κ3) is 3.44. The second-order valence-electron chi connectivity index (χ2n) is 4.44. The minimum atomic E-state index is -0.183. The van der Waals surface area contributed by atoms with Gasteiger partial charge in [0, 0.05) is 30.6 Å². The Bertz CT molecular complexity index is 474. The van der Waals surface area contributed by atoms with Crippen LogP contribution in [0.25, 0.3) is 0 Å². The first-order chi connectivity index (χ1) is 9.10. The van der Waals surface area contributed by atoms with Crippen LogP contribution in [0, 0.1) is 6.92 Å². The van der Waals surface area contributed by atoms with Gasteiger partial charge in [0.15, 0.2) is 0 Å². The van der Waals surface area contributed by atoms with E-state index in [9.17, 15) is 9.59 Å². The van der Waals surface area contributed by atoms with Gasteiger partial charge < -0.3 is 10.2 Å². The first kappa shape index (κ1) is 13.8. The number of aromatic nitrogens is 1. The fourth-order valence-electron chi connectivity index (χ4n) is 1.92. The number of amides is 3. The van der Waals surface area contributed by atoms with Gasteiger partial charge >= 0.3 is 6.03 Å². The molecule has 104 valence electrons. The third-order valence-electron chi connectivity index (χ3n) is 2.97. The monoisotopic (exact) mass is 282 g/mol. The third-order valence-corrected chi connectivity index (χ3v) is 3.95. The van der Waals surface area contributed by atoms with Gasteiger partial charge in [-0.25, -0.2) is 9.78 Å². The fraction of sp³-hybridized carbons (Fsp3) is 0.583. The zero-order valence-electron chi connectivity index (χ0n) is 11.2. The molecule has 0 unspecified atom stereocenters. The summed E-state index contributed by atoms with van der Waals surface area (Å²) in [6.45, 7) is 5.66. The molecule has 2 heterocycles. The molecule has 1 aliphatic rings. The maximum atomic E-state index is 11.9. The molecule has 1 aliphatic heterocycles. The Morgan fingerprint density at radius 1 is 1.58 bits per heavy atom. The number of nitrogens with zero attached hydrogens (tertiary/aromatic N) is 3. The summed E-state index contributed by atoms with van der Waals surface area (Å²) in [5.41, 5.74) is 0. The van der Waals surface area contributed by atoms with Crippen molar-refractivity contribution in [2.45, 2.75) is 20.3 Å². The molecule has 1 saturated heterocycles. The molecule has 1 N–H and O–H groups in total. The van der Waals surface area contributed by atoms with Crippen LogP contribution in [0.4, 0.5) is 4.79 Å². The van der Waals surface area contributed by atoms with Gasteiger partial charge in [-0.05, 0) is 13.8 Å². The van der Waals surface area contributed by atoms with Crippen LogP contribution in [-0.4, -0.2) is 53.0 Å². The van der Waals surface area contributed by atoms with E-state index in [0.29, 0.717) is 19.8 Å². The van der Waals surface area contributed by atoms with Crippen LogP contribution in [0.3, 0.4) is 0 Å². The van der Waals surface area contributed by atoms with Crippen molar-refractivity contribution in [2.75, 3.05) is 26.3 Å². The standard InChI is InChI=1S/C12H18N4O2S/c1-3-15-8-16(7-11(15)17)12(18)13-5-4-10-14-6-9(2)19-10/h6H,3-5,7-8H2,1-2H3,(H,13,18). The van der Waals surface area contributed by atoms with E-state index in [1.807, 2.05) is 20.0 Å². The number of hydrogen-bond donors (Lipinski definition) is 1. The Labute approximate surface area is 116 Å². The molecule has 7 heteroatoms. The van der Waals surface area contributed by atoms with Gasteiger partial charge in [-0.3, -0.25) is 9.69 Å². The summed E-state index contributed by atoms with van der Waals surface area (Å²) in [6.07, 6.45) is 2.56. The number of hydrogen-bond acceptors (Lipinski definition) is 4. The summed E-state index contributed by atoms with van der Waals surface area (Å²) in [7, 11) is 0. The number of aryl methyl sites for hydroxylation is 1. The van der Waals surface area contributed by atoms with E-state index in [0.717, 1.165) is 11.4 Å². The van der Waals surface area contributed by atoms with Crippen LogP contribution >= 0.6 is 11.3 Å². The lowest BCUT2D eigenvalue weighted by Crippen LogP contribution is -2.40. The molecular weight excluding hydrogens is 264 g/mol. The minimum absolute atomic E-state index is 0.00759. The van der Waals surface area contributed by atoms with Crippen molar-refractivity contribution < 1.29 is 9.59 Å². The van der Waals surface area contributed by atoms with E-state index >= 15 is 0 Å². The zero-order valence-corrected chi connectivity index (χ0v) is 12.0. The van der Waals surface area contributed by atoms with Gasteiger partial charge in [0.05, 0.1) is 11.7 Å². The van der Waals surface area contributed by atoms with Crippen LogP contribution in [0.15, 0.2) is 6.20 Å². The smallest absolute Gasteiger partial charge is 0.319 e. The van der Waals surface area contributed by atoms with Gasteiger partial charge in [0.1, 0.15) is 6.54 Å². The van der Waals surface area contributed by atoms with Crippen molar-refractivity contribution in [2.24, 2.45) is 0 Å². The van der Waals surface area contributed by atoms with Gasteiger partial charge in [0.25, 0.3) is 0 Å². The Morgan fingerprint density at radius 3 is 2.95 bits per heavy atom. The summed E-state index contributed by atoms with van der Waals surface area (Å²) >= 11 is 1.64. The quantitative estimate of drug-likeness (QED) is 0.889. The van der Waals surface area contributed by atoms with Crippen LogP contribution in [0.2, 0.25) is 0 Å². The first-order valence-corrected chi connectivity index (χ1v) is 7.13. The lowest BCUT2D eigenvalue weighted by atomic mass is 10.4. The van der Waals surface area contributed by atoms with Gasteiger partial charge in [-0.15, -0.1) is 11.3 Å². The SMILES string of the molecule is CCN1CN(C(=O)NCCc2ncc(C)s2)CC1=O. The molecule has 0 bridgehead atoms. The normalized spacial score (nSPS) is 15.2. The van der Waals surface area contributed by atoms with Crippen LogP contribution in [0.1, 0.15) is 16.8 Å². The molecule has 3 amide bonds. The molecule has 0 aromatic carbocycles. The van der Waals surface area contributed by atoms with Crippen molar-refractivity contribution in [3.63, 3.8) is 0 Å². The average Bonchev–Trinajstić information content (AvgIpc) is 2.95. The summed E-state index contributed by atoms with van der Waals surface area (Å²) in [5, 5.41) is 3.84. The molecule has 1 aromatic rings. The van der Waals surface area contributed by atoms with Gasteiger partial charge in [0.2, 0.25) is 5.91 Å². The van der Waals surface area contributed by atoms with Crippen LogP contribution < -0.4 is 5.32 Å². The molecule has 0 atom stereocenters. The summed E-state index contributed by atoms with van der Waals surface area (Å²) < 4.78 is 0. The van der Waals surface area contributed by atoms with E-state index < -0.39 is 0 Å². The number of urea groups is 1. The number of nitrogens with one attached hydrogen (secondary N) is 1. The number of carbonyl (C=O) groups is 2. The molecule has 19 heavy (non-hydrogen) atoms. The number of thiazole rings is 1. The predicted octanol–water partition coefficient (Wildman–Crippen LogP) is 0.825. The van der Waals surface area contributed by atoms with Crippen molar-refractivity contribution in [3.05, 3.63) is 16.1 Å². The van der Waals surface area contributed by atoms with Crippen molar-refractivity contribution in [1.29, 1.82) is 0 Å². The van der Waals surface area contributed by atoms with E-state index in [4.69, 9.17) is 0 Å². The summed E-state index contributed by atoms with van der Waals surface area (Å²) in [5.74, 6) is 0.00759. The lowest BCUT2D eigenvalue weighted by Gasteiger charge is -2.17. The minimum Gasteiger partial charge on any atom is -0.338 e. The van der Waals surface area contributed by atoms with E-state index in [1.165, 1.54) is 9.78 Å². The second-order valence-corrected chi connectivity index (χ2v) is 5.76. The molecule has 1 fully saturated rings. The predicted molar refractivity (Wildman–Crippen MR) is 72.9 cm³/mol. The summed E-state index contributed by atoms with van der Waals surface area (Å²) in [6, 6.07) is -0.183. The van der Waals surface area contributed by atoms with Gasteiger partial charge in [-0.2, -0.15) is 0 Å². The van der Waals surface area contributed by atoms with Crippen LogP contribution in [-0.2, 0) is 11.2 Å². The maximum absolute atomic E-state index is 11.9. The Balaban J connectivity index is 1.74. The van der Waals surface area contributed by atoms with E-state index in [2.05, 4.69) is 10.3 Å². The molecular formula is C12H18N4O2S. The Hall–Kier alpha value is -1.63. The number of likely N-dealkylation sites (N-methyl/N-ethyl adjacent to an activating group) is 1. The van der Waals surface area contributed by atoms with Crippen molar-refractivity contribution in [3.8, 4) is 0 Å². The zero-order chi connectivity index (χ0) is 13.8. The van der Waals surface area contributed by atoms with E-state index in [1.54, 1.807) is 16.2 Å². The topological polar surface area (TPSA) is 65.5 Å². The molecule has 6 nitrogen and oxygen atoms in total. The molecule has 1 aromatic heterocycles. The lowest BCUT2D eigenvalue weighted by molar-refractivity contribution is -0.126. The first-order valence-electron chi connectivity index (χ1n) is 6.32. The van der Waals surface area contributed by atoms with Crippen molar-refractivity contribution >= 4 is 23.3 Å². The number of carbonyl (C=O) groups excluding carboxylic acids is 2. The summed E-state index contributed by atoms with van der Waals surface area (Å²) in [4.78, 5) is 32.0. The molecule has 2 rings (SSSR count). The number of rotatable bonds is 4. The Morgan fingerprint density at radius 2 is 2.37 bits per heavy atom. The highest BCUT2D eigenvalue weighted by Gasteiger charge is 2.29. The molecule has 0 spiro atoms. The van der Waals surface area contributed by atoms with Gasteiger partial charge in [-0.1, -0.05) is 0 Å². The highest BCUT2D eigenvalue weighted by atomic mass is 32.1. The highest BCUT2D eigenvalue weighted by molar-refractivity contribution is 7.11. The molecule has 0 radical (unpaired) electrons.